The van der Waals surface area contributed by atoms with Gasteiger partial charge in [0.05, 0.1) is 11.7 Å². The molecule has 1 aliphatic rings. The highest BCUT2D eigenvalue weighted by molar-refractivity contribution is 5.86. The number of hydrogen-bond donors (Lipinski definition) is 2. The molecule has 0 radical (unpaired) electrons. The van der Waals surface area contributed by atoms with Gasteiger partial charge in [0, 0.05) is 0 Å². The largest absolute Gasteiger partial charge is 0.294 e. The maximum atomic E-state index is 12.7. The number of anilines is 1. The van der Waals surface area contributed by atoms with Crippen LogP contribution in [-0.2, 0) is 11.2 Å². The second-order valence-electron chi connectivity index (χ2n) is 6.10. The van der Waals surface area contributed by atoms with Crippen molar-refractivity contribution in [3.63, 3.8) is 0 Å². The second kappa shape index (κ2) is 5.81. The third-order valence-electron chi connectivity index (χ3n) is 3.90. The Bertz CT molecular complexity index is 640. The van der Waals surface area contributed by atoms with Crippen molar-refractivity contribution in [3.05, 3.63) is 66.2 Å². The number of amides is 1. The molecule has 1 amide bonds. The molecule has 0 aromatic heterocycles. The summed E-state index contributed by atoms with van der Waals surface area (Å²) in [5, 5.41) is 5.10. The third-order valence-corrected chi connectivity index (χ3v) is 3.90. The fourth-order valence-electron chi connectivity index (χ4n) is 2.81. The number of nitrogens with zero attached hydrogens (tertiary/aromatic N) is 1. The normalized spacial score (nSPS) is 20.2. The highest BCUT2D eigenvalue weighted by Gasteiger charge is 2.44. The van der Waals surface area contributed by atoms with Crippen LogP contribution in [0.25, 0.3) is 0 Å². The number of para-hydroxylation sites is 1. The quantitative estimate of drug-likeness (QED) is 0.911. The van der Waals surface area contributed by atoms with Crippen molar-refractivity contribution >= 4 is 11.6 Å². The lowest BCUT2D eigenvalue weighted by atomic mass is 10.1. The van der Waals surface area contributed by atoms with Gasteiger partial charge in [0.15, 0.2) is 0 Å². The van der Waals surface area contributed by atoms with Gasteiger partial charge in [0.25, 0.3) is 5.91 Å². The summed E-state index contributed by atoms with van der Waals surface area (Å²) in [6, 6.07) is 19.6. The number of hydrogen-bond acceptors (Lipinski definition) is 3. The van der Waals surface area contributed by atoms with E-state index in [0.717, 1.165) is 11.3 Å². The molecule has 0 bridgehead atoms. The summed E-state index contributed by atoms with van der Waals surface area (Å²) in [4.78, 5) is 12.7. The zero-order chi connectivity index (χ0) is 15.6. The maximum absolute atomic E-state index is 12.7. The fraction of sp³-hybridized carbons (Fsp3) is 0.278. The Labute approximate surface area is 131 Å². The summed E-state index contributed by atoms with van der Waals surface area (Å²) in [6.07, 6.45) is 0.691. The number of carbonyl (C=O) groups is 1. The Hall–Kier alpha value is -2.33. The highest BCUT2D eigenvalue weighted by Crippen LogP contribution is 2.24. The molecular weight excluding hydrogens is 274 g/mol. The summed E-state index contributed by atoms with van der Waals surface area (Å²) in [5.74, 6) is 0.0673. The molecule has 0 spiro atoms. The van der Waals surface area contributed by atoms with Gasteiger partial charge < -0.3 is 0 Å². The van der Waals surface area contributed by atoms with Gasteiger partial charge in [-0.3, -0.25) is 15.5 Å². The summed E-state index contributed by atoms with van der Waals surface area (Å²) < 4.78 is 0. The van der Waals surface area contributed by atoms with Crippen LogP contribution in [0.5, 0.6) is 0 Å². The summed E-state index contributed by atoms with van der Waals surface area (Å²) >= 11 is 0. The van der Waals surface area contributed by atoms with Gasteiger partial charge in [-0.2, -0.15) is 0 Å². The van der Waals surface area contributed by atoms with Crippen LogP contribution in [-0.4, -0.2) is 22.6 Å². The molecular formula is C18H21N3O. The lowest BCUT2D eigenvalue weighted by molar-refractivity contribution is -0.130. The van der Waals surface area contributed by atoms with Crippen LogP contribution < -0.4 is 10.7 Å². The van der Waals surface area contributed by atoms with Gasteiger partial charge in [-0.05, 0) is 38.0 Å². The van der Waals surface area contributed by atoms with E-state index in [1.165, 1.54) is 0 Å². The van der Waals surface area contributed by atoms with E-state index in [1.54, 1.807) is 5.01 Å². The molecule has 1 unspecified atom stereocenters. The van der Waals surface area contributed by atoms with Crippen molar-refractivity contribution in [3.8, 4) is 0 Å². The molecule has 2 aromatic carbocycles. The molecule has 4 heteroatoms. The van der Waals surface area contributed by atoms with Gasteiger partial charge in [0.2, 0.25) is 0 Å². The van der Waals surface area contributed by atoms with Crippen LogP contribution in [0, 0.1) is 0 Å². The molecule has 2 aromatic rings. The monoisotopic (exact) mass is 295 g/mol. The first-order valence-corrected chi connectivity index (χ1v) is 7.54. The SMILES string of the molecule is CC1(C)NC(Cc2ccccc2)C(=O)N1Nc1ccccc1. The summed E-state index contributed by atoms with van der Waals surface area (Å²) in [5.41, 5.74) is 4.85. The van der Waals surface area contributed by atoms with E-state index >= 15 is 0 Å². The lowest BCUT2D eigenvalue weighted by Gasteiger charge is -2.31. The zero-order valence-electron chi connectivity index (χ0n) is 12.9. The minimum atomic E-state index is -0.438. The molecule has 22 heavy (non-hydrogen) atoms. The average molecular weight is 295 g/mol. The minimum absolute atomic E-state index is 0.0673. The predicted molar refractivity (Wildman–Crippen MR) is 88.1 cm³/mol. The maximum Gasteiger partial charge on any atom is 0.260 e. The lowest BCUT2D eigenvalue weighted by Crippen LogP contribution is -2.50. The van der Waals surface area contributed by atoms with Crippen molar-refractivity contribution < 1.29 is 4.79 Å². The first kappa shape index (κ1) is 14.6. The van der Waals surface area contributed by atoms with Gasteiger partial charge in [-0.15, -0.1) is 0 Å². The van der Waals surface area contributed by atoms with E-state index in [1.807, 2.05) is 62.4 Å². The van der Waals surface area contributed by atoms with Crippen LogP contribution in [0.1, 0.15) is 19.4 Å². The molecule has 1 saturated heterocycles. The van der Waals surface area contributed by atoms with Crippen LogP contribution in [0.15, 0.2) is 60.7 Å². The summed E-state index contributed by atoms with van der Waals surface area (Å²) in [6.45, 7) is 4.01. The van der Waals surface area contributed by atoms with E-state index in [2.05, 4.69) is 22.9 Å². The molecule has 1 aliphatic heterocycles. The van der Waals surface area contributed by atoms with E-state index in [-0.39, 0.29) is 11.9 Å². The topological polar surface area (TPSA) is 44.4 Å². The van der Waals surface area contributed by atoms with Crippen LogP contribution in [0.3, 0.4) is 0 Å². The standard InChI is InChI=1S/C18H21N3O/c1-18(2)19-16(13-14-9-5-3-6-10-14)17(22)21(18)20-15-11-7-4-8-12-15/h3-12,16,19-20H,13H2,1-2H3. The molecule has 2 N–H and O–H groups in total. The Morgan fingerprint density at radius 2 is 1.64 bits per heavy atom. The predicted octanol–water partition coefficient (Wildman–Crippen LogP) is 2.79. The molecule has 1 atom stereocenters. The van der Waals surface area contributed by atoms with Gasteiger partial charge in [-0.25, -0.2) is 5.01 Å². The summed E-state index contributed by atoms with van der Waals surface area (Å²) in [7, 11) is 0. The molecule has 1 fully saturated rings. The van der Waals surface area contributed by atoms with E-state index in [0.29, 0.717) is 6.42 Å². The highest BCUT2D eigenvalue weighted by atomic mass is 16.2. The van der Waals surface area contributed by atoms with Crippen LogP contribution in [0.2, 0.25) is 0 Å². The van der Waals surface area contributed by atoms with Gasteiger partial charge >= 0.3 is 0 Å². The third kappa shape index (κ3) is 2.97. The smallest absolute Gasteiger partial charge is 0.260 e. The Kier molecular flexibility index (Phi) is 3.86. The second-order valence-corrected chi connectivity index (χ2v) is 6.10. The van der Waals surface area contributed by atoms with E-state index < -0.39 is 5.66 Å². The van der Waals surface area contributed by atoms with Crippen molar-refractivity contribution in [2.45, 2.75) is 32.0 Å². The first-order chi connectivity index (χ1) is 10.6. The number of nitrogens with one attached hydrogen (secondary N) is 2. The Morgan fingerprint density at radius 1 is 1.05 bits per heavy atom. The number of benzene rings is 2. The van der Waals surface area contributed by atoms with E-state index in [9.17, 15) is 4.79 Å². The molecule has 1 heterocycles. The van der Waals surface area contributed by atoms with Crippen molar-refractivity contribution in [2.75, 3.05) is 5.43 Å². The Balaban J connectivity index is 1.76. The van der Waals surface area contributed by atoms with Crippen molar-refractivity contribution in [1.29, 1.82) is 0 Å². The molecule has 0 saturated carbocycles. The van der Waals surface area contributed by atoms with Gasteiger partial charge in [-0.1, -0.05) is 48.5 Å². The Morgan fingerprint density at radius 3 is 2.27 bits per heavy atom. The number of carbonyl (C=O) groups excluding carboxylic acids is 1. The number of rotatable bonds is 4. The number of hydrazine groups is 1. The van der Waals surface area contributed by atoms with Crippen LogP contribution >= 0.6 is 0 Å². The zero-order valence-corrected chi connectivity index (χ0v) is 12.9. The molecule has 114 valence electrons. The minimum Gasteiger partial charge on any atom is -0.294 e. The van der Waals surface area contributed by atoms with E-state index in [4.69, 9.17) is 0 Å². The molecule has 3 rings (SSSR count). The van der Waals surface area contributed by atoms with Crippen molar-refractivity contribution in [2.24, 2.45) is 0 Å². The van der Waals surface area contributed by atoms with Gasteiger partial charge in [0.1, 0.15) is 5.66 Å². The first-order valence-electron chi connectivity index (χ1n) is 7.54. The average Bonchev–Trinajstić information content (AvgIpc) is 2.72. The molecule has 0 aliphatic carbocycles. The fourth-order valence-corrected chi connectivity index (χ4v) is 2.81. The van der Waals surface area contributed by atoms with Crippen molar-refractivity contribution in [1.82, 2.24) is 10.3 Å². The van der Waals surface area contributed by atoms with Crippen LogP contribution in [0.4, 0.5) is 5.69 Å². The molecule has 4 nitrogen and oxygen atoms in total.